The van der Waals surface area contributed by atoms with Gasteiger partial charge in [-0.25, -0.2) is 0 Å². The third kappa shape index (κ3) is 1.93. The fraction of sp³-hybridized carbons (Fsp3) is 0.500. The van der Waals surface area contributed by atoms with Gasteiger partial charge in [-0.1, -0.05) is 18.2 Å². The average Bonchev–Trinajstić information content (AvgIpc) is 2.81. The summed E-state index contributed by atoms with van der Waals surface area (Å²) >= 11 is 0. The predicted molar refractivity (Wildman–Crippen MR) is 61.3 cm³/mol. The summed E-state index contributed by atoms with van der Waals surface area (Å²) in [5.74, 6) is 0.538. The predicted octanol–water partition coefficient (Wildman–Crippen LogP) is 2.99. The van der Waals surface area contributed by atoms with Crippen molar-refractivity contribution < 1.29 is 13.2 Å². The summed E-state index contributed by atoms with van der Waals surface area (Å²) in [7, 11) is 0. The molecule has 17 heavy (non-hydrogen) atoms. The molecule has 94 valence electrons. The van der Waals surface area contributed by atoms with Crippen LogP contribution in [0.4, 0.5) is 13.2 Å². The second-order valence-corrected chi connectivity index (χ2v) is 4.77. The Kier molecular flexibility index (Phi) is 2.91. The molecule has 2 aliphatic rings. The number of fused-ring (bicyclic) bond motifs is 1. The monoisotopic (exact) mass is 263 g/mol. The van der Waals surface area contributed by atoms with Crippen LogP contribution in [0.15, 0.2) is 24.3 Å². The van der Waals surface area contributed by atoms with Gasteiger partial charge in [-0.2, -0.15) is 13.2 Å². The number of hydrogen-bond donors (Lipinski definition) is 1. The van der Waals surface area contributed by atoms with E-state index in [1.807, 2.05) is 6.07 Å². The van der Waals surface area contributed by atoms with Gasteiger partial charge < -0.3 is 5.32 Å². The Morgan fingerprint density at radius 3 is 2.59 bits per heavy atom. The lowest BCUT2D eigenvalue weighted by molar-refractivity contribution is -0.137. The molecular formula is C12H13ClF3N. The summed E-state index contributed by atoms with van der Waals surface area (Å²) in [5, 5.41) is 3.24. The van der Waals surface area contributed by atoms with Gasteiger partial charge in [0.05, 0.1) is 5.56 Å². The van der Waals surface area contributed by atoms with Gasteiger partial charge in [-0.3, -0.25) is 0 Å². The van der Waals surface area contributed by atoms with Crippen LogP contribution in [-0.2, 0) is 11.6 Å². The molecule has 1 N–H and O–H groups in total. The van der Waals surface area contributed by atoms with Crippen LogP contribution in [0.2, 0.25) is 0 Å². The summed E-state index contributed by atoms with van der Waals surface area (Å²) < 4.78 is 37.7. The SMILES string of the molecule is Cl.FC(F)(F)c1cccc(C23CNCC2C3)c1. The maximum absolute atomic E-state index is 12.6. The fourth-order valence-corrected chi connectivity index (χ4v) is 2.80. The molecular weight excluding hydrogens is 251 g/mol. The molecule has 1 aromatic carbocycles. The number of hydrogen-bond acceptors (Lipinski definition) is 1. The molecule has 2 fully saturated rings. The Labute approximate surface area is 104 Å². The minimum absolute atomic E-state index is 0. The van der Waals surface area contributed by atoms with Crippen molar-refractivity contribution in [1.29, 1.82) is 0 Å². The van der Waals surface area contributed by atoms with Crippen LogP contribution in [0.5, 0.6) is 0 Å². The van der Waals surface area contributed by atoms with E-state index in [-0.39, 0.29) is 17.8 Å². The van der Waals surface area contributed by atoms with E-state index in [2.05, 4.69) is 5.32 Å². The molecule has 2 atom stereocenters. The quantitative estimate of drug-likeness (QED) is 0.821. The van der Waals surface area contributed by atoms with E-state index in [1.54, 1.807) is 0 Å². The number of alkyl halides is 3. The molecule has 1 aliphatic carbocycles. The summed E-state index contributed by atoms with van der Waals surface area (Å²) in [4.78, 5) is 0. The van der Waals surface area contributed by atoms with E-state index in [1.165, 1.54) is 12.1 Å². The number of rotatable bonds is 1. The van der Waals surface area contributed by atoms with Crippen LogP contribution < -0.4 is 5.32 Å². The summed E-state index contributed by atoms with van der Waals surface area (Å²) in [6, 6.07) is 5.79. The van der Waals surface area contributed by atoms with Crippen LogP contribution in [0.25, 0.3) is 0 Å². The second kappa shape index (κ2) is 3.89. The smallest absolute Gasteiger partial charge is 0.316 e. The third-order valence-corrected chi connectivity index (χ3v) is 3.83. The van der Waals surface area contributed by atoms with Gasteiger partial charge in [0.15, 0.2) is 0 Å². The molecule has 1 saturated heterocycles. The number of benzene rings is 1. The lowest BCUT2D eigenvalue weighted by Crippen LogP contribution is -2.19. The van der Waals surface area contributed by atoms with Crippen molar-refractivity contribution >= 4 is 12.4 Å². The van der Waals surface area contributed by atoms with Crippen molar-refractivity contribution in [3.8, 4) is 0 Å². The molecule has 1 nitrogen and oxygen atoms in total. The van der Waals surface area contributed by atoms with Crippen molar-refractivity contribution in [3.05, 3.63) is 35.4 Å². The molecule has 0 spiro atoms. The van der Waals surface area contributed by atoms with E-state index >= 15 is 0 Å². The highest BCUT2D eigenvalue weighted by Crippen LogP contribution is 2.56. The van der Waals surface area contributed by atoms with Crippen LogP contribution in [0.1, 0.15) is 17.5 Å². The van der Waals surface area contributed by atoms with Crippen molar-refractivity contribution in [2.24, 2.45) is 5.92 Å². The minimum Gasteiger partial charge on any atom is -0.316 e. The molecule has 5 heteroatoms. The summed E-state index contributed by atoms with van der Waals surface area (Å²) in [5.41, 5.74) is 0.315. The Bertz CT molecular complexity index is 432. The molecule has 0 amide bonds. The summed E-state index contributed by atoms with van der Waals surface area (Å²) in [6.07, 6.45) is -3.20. The zero-order valence-electron chi connectivity index (χ0n) is 9.05. The lowest BCUT2D eigenvalue weighted by Gasteiger charge is -2.14. The first-order valence-electron chi connectivity index (χ1n) is 5.41. The molecule has 1 aliphatic heterocycles. The van der Waals surface area contributed by atoms with Gasteiger partial charge in [-0.05, 0) is 30.5 Å². The van der Waals surface area contributed by atoms with Gasteiger partial charge in [0, 0.05) is 12.0 Å². The Hall–Kier alpha value is -0.740. The molecule has 1 saturated carbocycles. The maximum Gasteiger partial charge on any atom is 0.416 e. The first-order valence-corrected chi connectivity index (χ1v) is 5.41. The van der Waals surface area contributed by atoms with E-state index in [0.29, 0.717) is 5.92 Å². The minimum atomic E-state index is -4.23. The maximum atomic E-state index is 12.6. The first-order chi connectivity index (χ1) is 7.52. The zero-order valence-corrected chi connectivity index (χ0v) is 9.87. The number of halogens is 4. The fourth-order valence-electron chi connectivity index (χ4n) is 2.80. The largest absolute Gasteiger partial charge is 0.416 e. The Morgan fingerprint density at radius 1 is 1.29 bits per heavy atom. The third-order valence-electron chi connectivity index (χ3n) is 3.83. The molecule has 3 rings (SSSR count). The molecule has 2 unspecified atom stereocenters. The zero-order chi connectivity index (χ0) is 11.4. The standard InChI is InChI=1S/C12H12F3N.ClH/c13-12(14,15)9-3-1-2-8(4-9)11-5-10(11)6-16-7-11;/h1-4,10,16H,5-7H2;1H. The van der Waals surface area contributed by atoms with Crippen molar-refractivity contribution in [2.75, 3.05) is 13.1 Å². The Morgan fingerprint density at radius 2 is 2.06 bits per heavy atom. The van der Waals surface area contributed by atoms with Gasteiger partial charge >= 0.3 is 6.18 Å². The summed E-state index contributed by atoms with van der Waals surface area (Å²) in [6.45, 7) is 1.76. The lowest BCUT2D eigenvalue weighted by atomic mass is 9.93. The second-order valence-electron chi connectivity index (χ2n) is 4.77. The highest BCUT2D eigenvalue weighted by atomic mass is 35.5. The number of piperidine rings is 1. The molecule has 1 heterocycles. The molecule has 0 radical (unpaired) electrons. The molecule has 0 bridgehead atoms. The van der Waals surface area contributed by atoms with Crippen LogP contribution in [-0.4, -0.2) is 13.1 Å². The molecule has 0 aromatic heterocycles. The average molecular weight is 264 g/mol. The van der Waals surface area contributed by atoms with Gasteiger partial charge in [0.1, 0.15) is 0 Å². The van der Waals surface area contributed by atoms with Crippen LogP contribution in [0, 0.1) is 5.92 Å². The van der Waals surface area contributed by atoms with E-state index in [9.17, 15) is 13.2 Å². The van der Waals surface area contributed by atoms with E-state index < -0.39 is 11.7 Å². The van der Waals surface area contributed by atoms with Crippen LogP contribution in [0.3, 0.4) is 0 Å². The van der Waals surface area contributed by atoms with Crippen LogP contribution >= 0.6 is 12.4 Å². The van der Waals surface area contributed by atoms with Gasteiger partial charge in [0.25, 0.3) is 0 Å². The highest BCUT2D eigenvalue weighted by Gasteiger charge is 2.58. The normalized spacial score (nSPS) is 30.6. The first kappa shape index (κ1) is 12.7. The van der Waals surface area contributed by atoms with Gasteiger partial charge in [-0.15, -0.1) is 12.4 Å². The molecule has 1 aromatic rings. The van der Waals surface area contributed by atoms with E-state index in [4.69, 9.17) is 0 Å². The van der Waals surface area contributed by atoms with E-state index in [0.717, 1.165) is 31.1 Å². The van der Waals surface area contributed by atoms with Crippen molar-refractivity contribution in [1.82, 2.24) is 5.32 Å². The van der Waals surface area contributed by atoms with Crippen molar-refractivity contribution in [3.63, 3.8) is 0 Å². The Balaban J connectivity index is 0.00000108. The van der Waals surface area contributed by atoms with Gasteiger partial charge in [0.2, 0.25) is 0 Å². The number of nitrogens with one attached hydrogen (secondary N) is 1. The van der Waals surface area contributed by atoms with Crippen molar-refractivity contribution in [2.45, 2.75) is 18.0 Å². The topological polar surface area (TPSA) is 12.0 Å². The highest BCUT2D eigenvalue weighted by molar-refractivity contribution is 5.85.